The second-order valence-electron chi connectivity index (χ2n) is 7.99. The number of allylic oxidation sites excluding steroid dienone is 3. The molecule has 0 saturated carbocycles. The monoisotopic (exact) mass is 474 g/mol. The Kier molecular flexibility index (Phi) is 7.06. The fourth-order valence-corrected chi connectivity index (χ4v) is 11.8. The lowest BCUT2D eigenvalue weighted by atomic mass is 10.3. The smallest absolute Gasteiger partial charge is 0.0156 e. The molecule has 0 aromatic heterocycles. The maximum atomic E-state index is 4.73. The zero-order valence-electron chi connectivity index (χ0n) is 18.9. The van der Waals surface area contributed by atoms with Gasteiger partial charge in [-0.1, -0.05) is 145 Å². The van der Waals surface area contributed by atoms with Gasteiger partial charge in [-0.3, -0.25) is 0 Å². The van der Waals surface area contributed by atoms with Crippen LogP contribution in [0.15, 0.2) is 157 Å². The van der Waals surface area contributed by atoms with Gasteiger partial charge in [0, 0.05) is 0 Å². The third kappa shape index (κ3) is 4.92. The highest BCUT2D eigenvalue weighted by molar-refractivity contribution is 8.06. The Balaban J connectivity index is 1.86. The van der Waals surface area contributed by atoms with E-state index in [1.54, 1.807) is 0 Å². The Morgan fingerprint density at radius 1 is 0.559 bits per heavy atom. The first-order chi connectivity index (χ1) is 16.9. The molecule has 0 unspecified atom stereocenters. The van der Waals surface area contributed by atoms with Gasteiger partial charge in [0.15, 0.2) is 0 Å². The molecule has 0 spiro atoms. The molecule has 34 heavy (non-hydrogen) atoms. The van der Waals surface area contributed by atoms with E-state index in [1.165, 1.54) is 21.2 Å². The summed E-state index contributed by atoms with van der Waals surface area (Å²) in [6.07, 6.45) is 8.04. The van der Waals surface area contributed by atoms with Crippen molar-refractivity contribution in [1.82, 2.24) is 0 Å². The van der Waals surface area contributed by atoms with Crippen LogP contribution in [0, 0.1) is 0 Å². The molecule has 4 aromatic rings. The number of hydrogen-bond acceptors (Lipinski definition) is 0. The fraction of sp³-hybridized carbons (Fsp3) is 0. The normalized spacial score (nSPS) is 14.2. The molecule has 5 rings (SSSR count). The quantitative estimate of drug-likeness (QED) is 0.272. The molecule has 4 aromatic carbocycles. The molecule has 0 amide bonds. The summed E-state index contributed by atoms with van der Waals surface area (Å²) >= 11 is 0. The third-order valence-electron chi connectivity index (χ3n) is 5.76. The minimum atomic E-state index is -2.09. The van der Waals surface area contributed by atoms with Gasteiger partial charge in [-0.2, -0.15) is 6.20 Å². The van der Waals surface area contributed by atoms with Crippen molar-refractivity contribution in [1.29, 1.82) is 0 Å². The highest BCUT2D eigenvalue weighted by atomic mass is 31.2. The van der Waals surface area contributed by atoms with Gasteiger partial charge in [-0.15, -0.1) is 5.70 Å². The molecule has 0 aliphatic carbocycles. The lowest BCUT2D eigenvalue weighted by Gasteiger charge is -2.32. The van der Waals surface area contributed by atoms with Gasteiger partial charge in [0.25, 0.3) is 0 Å². The molecular weight excluding hydrogens is 448 g/mol. The molecule has 166 valence electrons. The molecule has 1 nitrogen and oxygen atoms in total. The Hall–Kier alpha value is -3.37. The predicted octanol–water partition coefficient (Wildman–Crippen LogP) is 6.85. The summed E-state index contributed by atoms with van der Waals surface area (Å²) in [6.45, 7) is -2.09. The summed E-state index contributed by atoms with van der Waals surface area (Å²) in [6, 6.07) is 43.8. The second kappa shape index (κ2) is 10.7. The largest absolute Gasteiger partial charge is 0.664 e. The van der Waals surface area contributed by atoms with E-state index in [1.807, 2.05) is 12.3 Å². The average molecular weight is 475 g/mol. The van der Waals surface area contributed by atoms with Crippen molar-refractivity contribution in [3.8, 4) is 0 Å². The zero-order valence-corrected chi connectivity index (χ0v) is 20.6. The Bertz CT molecular complexity index is 1270. The van der Waals surface area contributed by atoms with E-state index in [-0.39, 0.29) is 0 Å². The summed E-state index contributed by atoms with van der Waals surface area (Å²) < 4.78 is 0. The van der Waals surface area contributed by atoms with Crippen LogP contribution in [0.3, 0.4) is 0 Å². The summed E-state index contributed by atoms with van der Waals surface area (Å²) in [5.74, 6) is 2.43. The van der Waals surface area contributed by atoms with E-state index in [0.29, 0.717) is 0 Å². The van der Waals surface area contributed by atoms with E-state index in [9.17, 15) is 0 Å². The Labute approximate surface area is 203 Å². The molecule has 1 heterocycles. The zero-order chi connectivity index (χ0) is 23.1. The van der Waals surface area contributed by atoms with Crippen LogP contribution in [0.5, 0.6) is 0 Å². The van der Waals surface area contributed by atoms with Crippen molar-refractivity contribution in [2.45, 2.75) is 0 Å². The van der Waals surface area contributed by atoms with Gasteiger partial charge in [-0.05, 0) is 41.6 Å². The van der Waals surface area contributed by atoms with Crippen molar-refractivity contribution in [3.63, 3.8) is 0 Å². The highest BCUT2D eigenvalue weighted by Gasteiger charge is 2.24. The van der Waals surface area contributed by atoms with E-state index >= 15 is 0 Å². The number of nitrogens with zero attached hydrogens (tertiary/aromatic N) is 1. The highest BCUT2D eigenvalue weighted by Crippen LogP contribution is 2.53. The van der Waals surface area contributed by atoms with Crippen molar-refractivity contribution >= 4 is 41.6 Å². The summed E-state index contributed by atoms with van der Waals surface area (Å²) in [5.41, 5.74) is 3.67. The van der Waals surface area contributed by atoms with Gasteiger partial charge in [0.05, 0.1) is 0 Å². The maximum absolute atomic E-state index is 4.73. The van der Waals surface area contributed by atoms with Crippen LogP contribution < -0.4 is 21.2 Å². The topological polar surface area (TPSA) is 14.1 Å². The number of benzene rings is 4. The Morgan fingerprint density at radius 2 is 1.03 bits per heavy atom. The van der Waals surface area contributed by atoms with Crippen molar-refractivity contribution in [2.24, 2.45) is 0 Å². The molecule has 0 N–H and O–H groups in total. The molecule has 0 saturated heterocycles. The molecule has 0 bridgehead atoms. The minimum absolute atomic E-state index is 0.717. The first kappa shape index (κ1) is 22.4. The molecule has 1 aliphatic heterocycles. The van der Waals surface area contributed by atoms with Gasteiger partial charge >= 0.3 is 0 Å². The van der Waals surface area contributed by atoms with Crippen LogP contribution in [-0.2, 0) is 0 Å². The summed E-state index contributed by atoms with van der Waals surface area (Å²) in [5, 5.41) is 10.1. The standard InChI is InChI=1S/C31H26NP2/c1-5-16-28(17-6-1)33(29-18-7-2-8-19-29)26-34(30-20-9-3-10-21-30,31-22-11-4-12-23-31)25-27-15-13-14-24-32-27/h1-26H/q-1. The van der Waals surface area contributed by atoms with E-state index in [0.717, 1.165) is 5.70 Å². The first-order valence-electron chi connectivity index (χ1n) is 11.4. The van der Waals surface area contributed by atoms with E-state index in [4.69, 9.17) is 5.32 Å². The SMILES string of the molecule is C1=C[N-]C(=CP(=CP(c2ccccc2)c2ccccc2)(c2ccccc2)c2ccccc2)C=C1. The molecular formula is C31H26NP2-. The second-order valence-corrected chi connectivity index (χ2v) is 13.5. The minimum Gasteiger partial charge on any atom is -0.664 e. The third-order valence-corrected chi connectivity index (χ3v) is 12.8. The number of hydrogen-bond donors (Lipinski definition) is 0. The summed E-state index contributed by atoms with van der Waals surface area (Å²) in [7, 11) is -0.717. The fourth-order valence-electron chi connectivity index (χ4n) is 4.12. The molecule has 1 aliphatic rings. The Morgan fingerprint density at radius 3 is 1.47 bits per heavy atom. The van der Waals surface area contributed by atoms with Crippen LogP contribution in [0.1, 0.15) is 0 Å². The molecule has 0 radical (unpaired) electrons. The van der Waals surface area contributed by atoms with E-state index in [2.05, 4.69) is 145 Å². The van der Waals surface area contributed by atoms with Crippen LogP contribution in [-0.4, -0.2) is 5.54 Å². The molecule has 0 atom stereocenters. The lowest BCUT2D eigenvalue weighted by Crippen LogP contribution is -2.20. The van der Waals surface area contributed by atoms with Crippen LogP contribution in [0.4, 0.5) is 0 Å². The van der Waals surface area contributed by atoms with Gasteiger partial charge < -0.3 is 5.32 Å². The van der Waals surface area contributed by atoms with Gasteiger partial charge in [0.1, 0.15) is 0 Å². The molecule has 3 heteroatoms. The van der Waals surface area contributed by atoms with Gasteiger partial charge in [-0.25, -0.2) is 0 Å². The maximum Gasteiger partial charge on any atom is -0.0156 e. The number of rotatable bonds is 6. The predicted molar refractivity (Wildman–Crippen MR) is 154 cm³/mol. The summed E-state index contributed by atoms with van der Waals surface area (Å²) in [4.78, 5) is 0. The van der Waals surface area contributed by atoms with Crippen LogP contribution >= 0.6 is 14.8 Å². The average Bonchev–Trinajstić information content (AvgIpc) is 2.93. The first-order valence-corrected chi connectivity index (χ1v) is 14.7. The van der Waals surface area contributed by atoms with Crippen molar-refractivity contribution in [3.05, 3.63) is 163 Å². The van der Waals surface area contributed by atoms with Crippen LogP contribution in [0.2, 0.25) is 0 Å². The van der Waals surface area contributed by atoms with Crippen LogP contribution in [0.25, 0.3) is 5.32 Å². The van der Waals surface area contributed by atoms with Gasteiger partial charge in [0.2, 0.25) is 0 Å². The van der Waals surface area contributed by atoms with Crippen molar-refractivity contribution < 1.29 is 0 Å². The van der Waals surface area contributed by atoms with Crippen molar-refractivity contribution in [2.75, 3.05) is 0 Å². The van der Waals surface area contributed by atoms with E-state index < -0.39 is 14.8 Å². The molecule has 0 fully saturated rings. The lowest BCUT2D eigenvalue weighted by molar-refractivity contribution is 1.57.